The monoisotopic (exact) mass is 340 g/mol. The van der Waals surface area contributed by atoms with Crippen molar-refractivity contribution in [2.75, 3.05) is 5.32 Å². The van der Waals surface area contributed by atoms with Gasteiger partial charge in [0.25, 0.3) is 5.91 Å². The third kappa shape index (κ3) is 3.56. The Hall–Kier alpha value is -2.02. The molecule has 0 heterocycles. The Labute approximate surface area is 139 Å². The van der Waals surface area contributed by atoms with Gasteiger partial charge in [0.1, 0.15) is 5.60 Å². The van der Waals surface area contributed by atoms with Gasteiger partial charge >= 0.3 is 5.92 Å². The van der Waals surface area contributed by atoms with Gasteiger partial charge < -0.3 is 15.7 Å². The number of carbonyl (C=O) groups excluding carboxylic acids is 2. The predicted molar refractivity (Wildman–Crippen MR) is 85.7 cm³/mol. The van der Waals surface area contributed by atoms with Gasteiger partial charge in [0, 0.05) is 12.1 Å². The molecule has 1 aliphatic carbocycles. The molecule has 24 heavy (non-hydrogen) atoms. The summed E-state index contributed by atoms with van der Waals surface area (Å²) < 4.78 is 28.1. The summed E-state index contributed by atoms with van der Waals surface area (Å²) in [5.74, 6) is -5.41. The fourth-order valence-corrected chi connectivity index (χ4v) is 2.51. The number of benzene rings is 1. The van der Waals surface area contributed by atoms with Crippen LogP contribution in [0, 0.1) is 0 Å². The van der Waals surface area contributed by atoms with Crippen molar-refractivity contribution in [3.05, 3.63) is 29.8 Å². The van der Waals surface area contributed by atoms with Gasteiger partial charge in [-0.1, -0.05) is 19.1 Å². The number of anilines is 1. The predicted octanol–water partition coefficient (Wildman–Crippen LogP) is 2.76. The Balaban J connectivity index is 2.00. The fraction of sp³-hybridized carbons (Fsp3) is 0.529. The van der Waals surface area contributed by atoms with E-state index >= 15 is 0 Å². The lowest BCUT2D eigenvalue weighted by Gasteiger charge is -2.41. The topological polar surface area (TPSA) is 78.4 Å². The third-order valence-corrected chi connectivity index (χ3v) is 4.41. The molecule has 2 rings (SSSR count). The Bertz CT molecular complexity index is 613. The SMILES string of the molecule is CCC(=O)Nc1ccc([C@H](C)NC(=O)C(F)(F)C2(O)CCC2)cc1. The van der Waals surface area contributed by atoms with E-state index in [1.807, 2.05) is 0 Å². The molecule has 1 aromatic rings. The molecule has 3 N–H and O–H groups in total. The van der Waals surface area contributed by atoms with Crippen molar-refractivity contribution in [2.24, 2.45) is 0 Å². The minimum Gasteiger partial charge on any atom is -0.383 e. The molecule has 5 nitrogen and oxygen atoms in total. The van der Waals surface area contributed by atoms with E-state index in [0.717, 1.165) is 0 Å². The first-order chi connectivity index (χ1) is 11.2. The number of rotatable bonds is 6. The zero-order valence-electron chi connectivity index (χ0n) is 13.7. The first-order valence-electron chi connectivity index (χ1n) is 8.00. The normalized spacial score (nSPS) is 17.5. The lowest BCUT2D eigenvalue weighted by atomic mass is 9.75. The van der Waals surface area contributed by atoms with Crippen LogP contribution in [0.4, 0.5) is 14.5 Å². The van der Waals surface area contributed by atoms with E-state index in [2.05, 4.69) is 10.6 Å². The minimum atomic E-state index is -3.81. The summed E-state index contributed by atoms with van der Waals surface area (Å²) in [6, 6.07) is 5.92. The third-order valence-electron chi connectivity index (χ3n) is 4.41. The molecule has 0 aliphatic heterocycles. The largest absolute Gasteiger partial charge is 0.383 e. The Kier molecular flexibility index (Phi) is 5.22. The molecule has 2 amide bonds. The molecule has 1 aliphatic rings. The zero-order chi connectivity index (χ0) is 18.0. The molecule has 0 radical (unpaired) electrons. The van der Waals surface area contributed by atoms with Crippen LogP contribution in [-0.2, 0) is 9.59 Å². The second-order valence-corrected chi connectivity index (χ2v) is 6.18. The highest BCUT2D eigenvalue weighted by Gasteiger charge is 2.61. The molecule has 0 unspecified atom stereocenters. The number of aliphatic hydroxyl groups is 1. The van der Waals surface area contributed by atoms with Crippen LogP contribution in [0.25, 0.3) is 0 Å². The highest BCUT2D eigenvalue weighted by atomic mass is 19.3. The van der Waals surface area contributed by atoms with Crippen LogP contribution in [0.1, 0.15) is 51.1 Å². The summed E-state index contributed by atoms with van der Waals surface area (Å²) in [6.07, 6.45) is 0.688. The van der Waals surface area contributed by atoms with Crippen molar-refractivity contribution < 1.29 is 23.5 Å². The minimum absolute atomic E-state index is 0.0758. The van der Waals surface area contributed by atoms with Crippen LogP contribution < -0.4 is 10.6 Å². The maximum atomic E-state index is 14.1. The molecule has 0 aromatic heterocycles. The second kappa shape index (κ2) is 6.84. The summed E-state index contributed by atoms with van der Waals surface area (Å²) in [5.41, 5.74) is -1.02. The van der Waals surface area contributed by atoms with Crippen molar-refractivity contribution in [1.82, 2.24) is 5.32 Å². The maximum absolute atomic E-state index is 14.1. The number of amides is 2. The Morgan fingerprint density at radius 1 is 1.29 bits per heavy atom. The molecular weight excluding hydrogens is 318 g/mol. The molecule has 0 spiro atoms. The number of carbonyl (C=O) groups is 2. The second-order valence-electron chi connectivity index (χ2n) is 6.18. The molecule has 7 heteroatoms. The van der Waals surface area contributed by atoms with E-state index in [1.165, 1.54) is 0 Å². The lowest BCUT2D eigenvalue weighted by molar-refractivity contribution is -0.216. The molecular formula is C17H22F2N2O3. The van der Waals surface area contributed by atoms with Crippen LogP contribution in [-0.4, -0.2) is 28.4 Å². The molecule has 132 valence electrons. The van der Waals surface area contributed by atoms with Crippen molar-refractivity contribution in [3.8, 4) is 0 Å². The number of nitrogens with one attached hydrogen (secondary N) is 2. The standard InChI is InChI=1S/C17H22F2N2O3/c1-3-14(22)21-13-7-5-12(6-8-13)11(2)20-15(23)17(18,19)16(24)9-4-10-16/h5-8,11,24H,3-4,9-10H2,1-2H3,(H,20,23)(H,21,22)/t11-/m0/s1. The van der Waals surface area contributed by atoms with Crippen LogP contribution in [0.15, 0.2) is 24.3 Å². The average molecular weight is 340 g/mol. The zero-order valence-corrected chi connectivity index (χ0v) is 13.7. The molecule has 0 saturated heterocycles. The molecule has 1 fully saturated rings. The van der Waals surface area contributed by atoms with Crippen LogP contribution >= 0.6 is 0 Å². The van der Waals surface area contributed by atoms with E-state index in [0.29, 0.717) is 24.1 Å². The summed E-state index contributed by atoms with van der Waals surface area (Å²) >= 11 is 0. The maximum Gasteiger partial charge on any atom is 0.352 e. The average Bonchev–Trinajstić information content (AvgIpc) is 2.52. The quantitative estimate of drug-likeness (QED) is 0.745. The molecule has 0 bridgehead atoms. The van der Waals surface area contributed by atoms with Gasteiger partial charge in [0.05, 0.1) is 6.04 Å². The van der Waals surface area contributed by atoms with Crippen molar-refractivity contribution in [2.45, 2.75) is 57.1 Å². The van der Waals surface area contributed by atoms with E-state index in [9.17, 15) is 23.5 Å². The summed E-state index contributed by atoms with van der Waals surface area (Å²) in [6.45, 7) is 3.32. The van der Waals surface area contributed by atoms with Gasteiger partial charge in [-0.3, -0.25) is 9.59 Å². The van der Waals surface area contributed by atoms with Gasteiger partial charge in [-0.25, -0.2) is 0 Å². The highest BCUT2D eigenvalue weighted by Crippen LogP contribution is 2.44. The smallest absolute Gasteiger partial charge is 0.352 e. The van der Waals surface area contributed by atoms with Crippen molar-refractivity contribution in [1.29, 1.82) is 0 Å². The van der Waals surface area contributed by atoms with E-state index in [4.69, 9.17) is 0 Å². The van der Waals surface area contributed by atoms with Gasteiger partial charge in [-0.05, 0) is 43.9 Å². The number of alkyl halides is 2. The van der Waals surface area contributed by atoms with Crippen LogP contribution in [0.3, 0.4) is 0 Å². The van der Waals surface area contributed by atoms with E-state index < -0.39 is 23.5 Å². The van der Waals surface area contributed by atoms with Crippen LogP contribution in [0.2, 0.25) is 0 Å². The summed E-state index contributed by atoms with van der Waals surface area (Å²) in [7, 11) is 0. The first-order valence-corrected chi connectivity index (χ1v) is 8.00. The van der Waals surface area contributed by atoms with Gasteiger partial charge in [-0.2, -0.15) is 8.78 Å². The van der Waals surface area contributed by atoms with Crippen molar-refractivity contribution >= 4 is 17.5 Å². The van der Waals surface area contributed by atoms with Crippen LogP contribution in [0.5, 0.6) is 0 Å². The first kappa shape index (κ1) is 18.3. The van der Waals surface area contributed by atoms with Gasteiger partial charge in [-0.15, -0.1) is 0 Å². The summed E-state index contributed by atoms with van der Waals surface area (Å²) in [4.78, 5) is 23.2. The van der Waals surface area contributed by atoms with Gasteiger partial charge in [0.15, 0.2) is 0 Å². The van der Waals surface area contributed by atoms with E-state index in [1.54, 1.807) is 38.1 Å². The number of hydrogen-bond acceptors (Lipinski definition) is 3. The Morgan fingerprint density at radius 3 is 2.33 bits per heavy atom. The number of hydrogen-bond donors (Lipinski definition) is 3. The molecule has 1 aromatic carbocycles. The van der Waals surface area contributed by atoms with Crippen molar-refractivity contribution in [3.63, 3.8) is 0 Å². The fourth-order valence-electron chi connectivity index (χ4n) is 2.51. The molecule has 1 saturated carbocycles. The Morgan fingerprint density at radius 2 is 1.88 bits per heavy atom. The summed E-state index contributed by atoms with van der Waals surface area (Å²) in [5, 5.41) is 14.7. The highest BCUT2D eigenvalue weighted by molar-refractivity contribution is 5.90. The lowest BCUT2D eigenvalue weighted by Crippen LogP contribution is -2.60. The molecule has 1 atom stereocenters. The van der Waals surface area contributed by atoms with Gasteiger partial charge in [0.2, 0.25) is 5.91 Å². The van der Waals surface area contributed by atoms with E-state index in [-0.39, 0.29) is 18.7 Å². The number of halogens is 2.